The lowest BCUT2D eigenvalue weighted by molar-refractivity contribution is -0.119. The molecule has 0 bridgehead atoms. The molecule has 0 spiro atoms. The number of carbonyl (C=O) groups is 2. The number of amides is 2. The number of nitrogens with zero attached hydrogens (tertiary/aromatic N) is 1. The Hall–Kier alpha value is -2.66. The second-order valence-electron chi connectivity index (χ2n) is 6.53. The largest absolute Gasteiger partial charge is 0.325 e. The summed E-state index contributed by atoms with van der Waals surface area (Å²) in [6, 6.07) is 13.6. The predicted octanol–water partition coefficient (Wildman–Crippen LogP) is 3.37. The third-order valence-electron chi connectivity index (χ3n) is 4.38. The summed E-state index contributed by atoms with van der Waals surface area (Å²) in [4.78, 5) is 26.2. The van der Waals surface area contributed by atoms with Crippen molar-refractivity contribution in [3.63, 3.8) is 0 Å². The molecule has 0 heterocycles. The van der Waals surface area contributed by atoms with Crippen LogP contribution in [0.3, 0.4) is 0 Å². The highest BCUT2D eigenvalue weighted by atomic mass is 16.2. The van der Waals surface area contributed by atoms with E-state index in [9.17, 15) is 9.59 Å². The minimum atomic E-state index is -0.136. The first-order valence-electron chi connectivity index (χ1n) is 8.83. The van der Waals surface area contributed by atoms with Crippen LogP contribution in [0.1, 0.15) is 23.6 Å². The van der Waals surface area contributed by atoms with Gasteiger partial charge in [-0.2, -0.15) is 0 Å². The topological polar surface area (TPSA) is 61.4 Å². The van der Waals surface area contributed by atoms with Crippen LogP contribution in [0, 0.1) is 13.8 Å². The summed E-state index contributed by atoms with van der Waals surface area (Å²) in [7, 11) is 1.76. The van der Waals surface area contributed by atoms with Crippen molar-refractivity contribution in [2.24, 2.45) is 0 Å². The predicted molar refractivity (Wildman–Crippen MR) is 106 cm³/mol. The zero-order chi connectivity index (χ0) is 19.1. The van der Waals surface area contributed by atoms with E-state index in [2.05, 4.69) is 17.6 Å². The highest BCUT2D eigenvalue weighted by Gasteiger charge is 2.13. The molecule has 0 unspecified atom stereocenters. The second-order valence-corrected chi connectivity index (χ2v) is 6.53. The van der Waals surface area contributed by atoms with Crippen molar-refractivity contribution < 1.29 is 9.59 Å². The summed E-state index contributed by atoms with van der Waals surface area (Å²) in [5.41, 5.74) is 4.91. The molecule has 26 heavy (non-hydrogen) atoms. The normalized spacial score (nSPS) is 10.7. The number of para-hydroxylation sites is 1. The molecular formula is C21H27N3O2. The van der Waals surface area contributed by atoms with Gasteiger partial charge in [0, 0.05) is 11.4 Å². The Morgan fingerprint density at radius 2 is 1.46 bits per heavy atom. The minimum absolute atomic E-state index is 0.132. The van der Waals surface area contributed by atoms with Gasteiger partial charge in [0.2, 0.25) is 11.8 Å². The molecule has 0 radical (unpaired) electrons. The highest BCUT2D eigenvalue weighted by Crippen LogP contribution is 2.18. The van der Waals surface area contributed by atoms with Gasteiger partial charge in [-0.15, -0.1) is 0 Å². The van der Waals surface area contributed by atoms with Gasteiger partial charge in [0.05, 0.1) is 13.1 Å². The van der Waals surface area contributed by atoms with Gasteiger partial charge in [0.1, 0.15) is 0 Å². The third kappa shape index (κ3) is 5.43. The maximum absolute atomic E-state index is 12.2. The molecule has 5 nitrogen and oxygen atoms in total. The summed E-state index contributed by atoms with van der Waals surface area (Å²) in [6.45, 7) is 6.34. The molecule has 5 heteroatoms. The number of hydrogen-bond acceptors (Lipinski definition) is 3. The van der Waals surface area contributed by atoms with Crippen molar-refractivity contribution in [2.45, 2.75) is 27.2 Å². The lowest BCUT2D eigenvalue weighted by Crippen LogP contribution is -2.36. The van der Waals surface area contributed by atoms with E-state index in [0.29, 0.717) is 0 Å². The summed E-state index contributed by atoms with van der Waals surface area (Å²) in [6.07, 6.45) is 0.852. The van der Waals surface area contributed by atoms with Gasteiger partial charge >= 0.3 is 0 Å². The van der Waals surface area contributed by atoms with Crippen molar-refractivity contribution in [1.82, 2.24) is 4.90 Å². The first kappa shape index (κ1) is 19.7. The number of anilines is 2. The molecule has 0 aliphatic heterocycles. The average Bonchev–Trinajstić information content (AvgIpc) is 2.59. The van der Waals surface area contributed by atoms with E-state index < -0.39 is 0 Å². The highest BCUT2D eigenvalue weighted by molar-refractivity contribution is 5.95. The van der Waals surface area contributed by atoms with Gasteiger partial charge in [-0.05, 0) is 56.1 Å². The SMILES string of the molecule is CCc1ccccc1NC(=O)CN(C)CC(=O)Nc1cccc(C)c1C. The fraction of sp³-hybridized carbons (Fsp3) is 0.333. The molecule has 2 aromatic carbocycles. The number of carbonyl (C=O) groups excluding carboxylic acids is 2. The molecule has 138 valence electrons. The zero-order valence-electron chi connectivity index (χ0n) is 15.9. The van der Waals surface area contributed by atoms with Crippen LogP contribution in [0.15, 0.2) is 42.5 Å². The van der Waals surface area contributed by atoms with Crippen LogP contribution in [0.5, 0.6) is 0 Å². The number of likely N-dealkylation sites (N-methyl/N-ethyl adjacent to an activating group) is 1. The molecule has 2 amide bonds. The van der Waals surface area contributed by atoms with Gasteiger partial charge < -0.3 is 10.6 Å². The van der Waals surface area contributed by atoms with Crippen molar-refractivity contribution in [3.8, 4) is 0 Å². The first-order chi connectivity index (χ1) is 12.4. The third-order valence-corrected chi connectivity index (χ3v) is 4.38. The van der Waals surface area contributed by atoms with Crippen LogP contribution in [0.4, 0.5) is 11.4 Å². The van der Waals surface area contributed by atoms with E-state index in [0.717, 1.165) is 34.5 Å². The number of benzene rings is 2. The van der Waals surface area contributed by atoms with Crippen molar-refractivity contribution in [2.75, 3.05) is 30.8 Å². The van der Waals surface area contributed by atoms with E-state index in [4.69, 9.17) is 0 Å². The van der Waals surface area contributed by atoms with Gasteiger partial charge in [0.15, 0.2) is 0 Å². The van der Waals surface area contributed by atoms with Crippen LogP contribution in [0.25, 0.3) is 0 Å². The van der Waals surface area contributed by atoms with Crippen LogP contribution in [0.2, 0.25) is 0 Å². The van der Waals surface area contributed by atoms with E-state index >= 15 is 0 Å². The van der Waals surface area contributed by atoms with E-state index in [-0.39, 0.29) is 24.9 Å². The Balaban J connectivity index is 1.87. The molecule has 2 rings (SSSR count). The van der Waals surface area contributed by atoms with E-state index in [1.54, 1.807) is 11.9 Å². The van der Waals surface area contributed by atoms with Crippen LogP contribution < -0.4 is 10.6 Å². The standard InChI is InChI=1S/C21H27N3O2/c1-5-17-10-6-7-11-19(17)23-21(26)14-24(4)13-20(25)22-18-12-8-9-15(2)16(18)3/h6-12H,5,13-14H2,1-4H3,(H,22,25)(H,23,26). The van der Waals surface area contributed by atoms with Crippen molar-refractivity contribution in [3.05, 3.63) is 59.2 Å². The lowest BCUT2D eigenvalue weighted by Gasteiger charge is -2.17. The Kier molecular flexibility index (Phi) is 6.92. The molecule has 0 saturated carbocycles. The van der Waals surface area contributed by atoms with Crippen LogP contribution in [-0.2, 0) is 16.0 Å². The lowest BCUT2D eigenvalue weighted by atomic mass is 10.1. The fourth-order valence-corrected chi connectivity index (χ4v) is 2.76. The Bertz CT molecular complexity index is 787. The maximum Gasteiger partial charge on any atom is 0.238 e. The Morgan fingerprint density at radius 1 is 0.885 bits per heavy atom. The van der Waals surface area contributed by atoms with Gasteiger partial charge in [-0.3, -0.25) is 14.5 Å². The van der Waals surface area contributed by atoms with Crippen molar-refractivity contribution >= 4 is 23.2 Å². The van der Waals surface area contributed by atoms with E-state index in [1.807, 2.05) is 56.3 Å². The summed E-state index contributed by atoms with van der Waals surface area (Å²) < 4.78 is 0. The Labute approximate surface area is 155 Å². The molecular weight excluding hydrogens is 326 g/mol. The van der Waals surface area contributed by atoms with Gasteiger partial charge in [0.25, 0.3) is 0 Å². The number of aryl methyl sites for hydroxylation is 2. The molecule has 0 saturated heterocycles. The molecule has 2 N–H and O–H groups in total. The molecule has 0 aliphatic carbocycles. The van der Waals surface area contributed by atoms with Crippen molar-refractivity contribution in [1.29, 1.82) is 0 Å². The van der Waals surface area contributed by atoms with Crippen LogP contribution in [-0.4, -0.2) is 36.9 Å². The second kappa shape index (κ2) is 9.15. The van der Waals surface area contributed by atoms with Gasteiger partial charge in [-0.25, -0.2) is 0 Å². The average molecular weight is 353 g/mol. The molecule has 0 aliphatic rings. The fourth-order valence-electron chi connectivity index (χ4n) is 2.76. The summed E-state index contributed by atoms with van der Waals surface area (Å²) in [5.74, 6) is -0.268. The number of hydrogen-bond donors (Lipinski definition) is 2. The van der Waals surface area contributed by atoms with Gasteiger partial charge in [-0.1, -0.05) is 37.3 Å². The minimum Gasteiger partial charge on any atom is -0.325 e. The van der Waals surface area contributed by atoms with E-state index in [1.165, 1.54) is 0 Å². The first-order valence-corrected chi connectivity index (χ1v) is 8.83. The molecule has 0 atom stereocenters. The molecule has 2 aromatic rings. The quantitative estimate of drug-likeness (QED) is 0.802. The van der Waals surface area contributed by atoms with Crippen LogP contribution >= 0.6 is 0 Å². The smallest absolute Gasteiger partial charge is 0.238 e. The Morgan fingerprint density at radius 3 is 2.12 bits per heavy atom. The zero-order valence-corrected chi connectivity index (χ0v) is 15.9. The summed E-state index contributed by atoms with van der Waals surface area (Å²) in [5, 5.41) is 5.83. The molecule has 0 fully saturated rings. The summed E-state index contributed by atoms with van der Waals surface area (Å²) >= 11 is 0. The monoisotopic (exact) mass is 353 g/mol. The number of rotatable bonds is 7. The number of nitrogens with one attached hydrogen (secondary N) is 2. The maximum atomic E-state index is 12.2. The molecule has 0 aromatic heterocycles.